The molecule has 0 saturated heterocycles. The second kappa shape index (κ2) is 11.7. The number of carbonyl (C=O) groups excluding carboxylic acids is 1. The van der Waals surface area contributed by atoms with Crippen molar-refractivity contribution >= 4 is 17.7 Å². The number of amides is 1. The quantitative estimate of drug-likeness (QED) is 0.392. The molecule has 3 rings (SSSR count). The van der Waals surface area contributed by atoms with Gasteiger partial charge in [0.2, 0.25) is 5.91 Å². The van der Waals surface area contributed by atoms with Crippen molar-refractivity contribution in [1.82, 2.24) is 19.7 Å². The first-order chi connectivity index (χ1) is 15.1. The van der Waals surface area contributed by atoms with E-state index in [2.05, 4.69) is 84.1 Å². The summed E-state index contributed by atoms with van der Waals surface area (Å²) in [6, 6.07) is 18.8. The fraction of sp³-hybridized carbons (Fsp3) is 0.400. The summed E-state index contributed by atoms with van der Waals surface area (Å²) in [5.74, 6) is 1.46. The second-order valence-corrected chi connectivity index (χ2v) is 8.67. The van der Waals surface area contributed by atoms with Crippen molar-refractivity contribution in [3.8, 4) is 5.69 Å². The minimum Gasteiger partial charge on any atom is -0.342 e. The standard InChI is InChI=1S/C25H32N4OS/c1-4-17-28(18-5-2)24(30)19-31-25-27-26-23(16-13-21-9-7-6-8-10-21)29(25)22-14-11-20(3)12-15-22/h6-12,14-15H,4-5,13,16-19H2,1-3H3. The van der Waals surface area contributed by atoms with E-state index >= 15 is 0 Å². The van der Waals surface area contributed by atoms with Crippen LogP contribution in [0.2, 0.25) is 0 Å². The molecule has 6 heteroatoms. The van der Waals surface area contributed by atoms with Gasteiger partial charge < -0.3 is 4.90 Å². The van der Waals surface area contributed by atoms with Crippen LogP contribution in [0.15, 0.2) is 59.8 Å². The summed E-state index contributed by atoms with van der Waals surface area (Å²) in [6.45, 7) is 7.91. The maximum absolute atomic E-state index is 12.8. The number of nitrogens with zero attached hydrogens (tertiary/aromatic N) is 4. The fourth-order valence-electron chi connectivity index (χ4n) is 3.53. The Labute approximate surface area is 189 Å². The average molecular weight is 437 g/mol. The molecule has 0 aliphatic heterocycles. The summed E-state index contributed by atoms with van der Waals surface area (Å²) in [7, 11) is 0. The number of hydrogen-bond donors (Lipinski definition) is 0. The van der Waals surface area contributed by atoms with Crippen LogP contribution in [0.3, 0.4) is 0 Å². The van der Waals surface area contributed by atoms with Crippen molar-refractivity contribution < 1.29 is 4.79 Å². The first-order valence-corrected chi connectivity index (χ1v) is 12.1. The maximum atomic E-state index is 12.8. The number of benzene rings is 2. The van der Waals surface area contributed by atoms with Crippen molar-refractivity contribution in [2.24, 2.45) is 0 Å². The molecule has 0 bridgehead atoms. The Balaban J connectivity index is 1.79. The molecule has 0 N–H and O–H groups in total. The van der Waals surface area contributed by atoms with Gasteiger partial charge in [0, 0.05) is 25.2 Å². The smallest absolute Gasteiger partial charge is 0.233 e. The van der Waals surface area contributed by atoms with Gasteiger partial charge in [-0.25, -0.2) is 0 Å². The van der Waals surface area contributed by atoms with Crippen molar-refractivity contribution in [2.75, 3.05) is 18.8 Å². The molecule has 2 aromatic carbocycles. The molecule has 0 aliphatic carbocycles. The molecule has 0 unspecified atom stereocenters. The van der Waals surface area contributed by atoms with Crippen LogP contribution in [-0.2, 0) is 17.6 Å². The van der Waals surface area contributed by atoms with Gasteiger partial charge in [-0.1, -0.05) is 73.6 Å². The highest BCUT2D eigenvalue weighted by Gasteiger charge is 2.18. The highest BCUT2D eigenvalue weighted by Crippen LogP contribution is 2.24. The van der Waals surface area contributed by atoms with Gasteiger partial charge in [0.15, 0.2) is 5.16 Å². The lowest BCUT2D eigenvalue weighted by Crippen LogP contribution is -2.33. The van der Waals surface area contributed by atoms with Crippen LogP contribution in [0.1, 0.15) is 43.6 Å². The third kappa shape index (κ3) is 6.44. The van der Waals surface area contributed by atoms with E-state index in [0.29, 0.717) is 5.75 Å². The van der Waals surface area contributed by atoms with Crippen LogP contribution in [0.25, 0.3) is 5.69 Å². The van der Waals surface area contributed by atoms with Crippen molar-refractivity contribution in [2.45, 2.75) is 51.6 Å². The normalized spacial score (nSPS) is 10.9. The zero-order valence-corrected chi connectivity index (χ0v) is 19.6. The number of carbonyl (C=O) groups is 1. The molecular weight excluding hydrogens is 404 g/mol. The zero-order chi connectivity index (χ0) is 22.1. The molecule has 0 radical (unpaired) electrons. The Morgan fingerprint density at radius 1 is 0.935 bits per heavy atom. The van der Waals surface area contributed by atoms with Crippen molar-refractivity contribution in [3.63, 3.8) is 0 Å². The van der Waals surface area contributed by atoms with Gasteiger partial charge in [0.05, 0.1) is 5.75 Å². The van der Waals surface area contributed by atoms with Gasteiger partial charge in [0.25, 0.3) is 0 Å². The van der Waals surface area contributed by atoms with Crippen molar-refractivity contribution in [3.05, 3.63) is 71.5 Å². The minimum absolute atomic E-state index is 0.165. The van der Waals surface area contributed by atoms with E-state index in [-0.39, 0.29) is 5.91 Å². The average Bonchev–Trinajstić information content (AvgIpc) is 3.20. The van der Waals surface area contributed by atoms with E-state index in [9.17, 15) is 4.79 Å². The Bertz CT molecular complexity index is 947. The first-order valence-electron chi connectivity index (χ1n) is 11.1. The lowest BCUT2D eigenvalue weighted by atomic mass is 10.1. The van der Waals surface area contributed by atoms with Crippen LogP contribution >= 0.6 is 11.8 Å². The van der Waals surface area contributed by atoms with Gasteiger partial charge in [-0.3, -0.25) is 9.36 Å². The maximum Gasteiger partial charge on any atom is 0.233 e. The molecule has 164 valence electrons. The lowest BCUT2D eigenvalue weighted by molar-refractivity contribution is -0.128. The topological polar surface area (TPSA) is 51.0 Å². The summed E-state index contributed by atoms with van der Waals surface area (Å²) in [6.07, 6.45) is 3.63. The van der Waals surface area contributed by atoms with E-state index < -0.39 is 0 Å². The Hall–Kier alpha value is -2.60. The van der Waals surface area contributed by atoms with E-state index in [4.69, 9.17) is 0 Å². The fourth-order valence-corrected chi connectivity index (χ4v) is 4.40. The van der Waals surface area contributed by atoms with Gasteiger partial charge in [-0.15, -0.1) is 10.2 Å². The van der Waals surface area contributed by atoms with Crippen molar-refractivity contribution in [1.29, 1.82) is 0 Å². The highest BCUT2D eigenvalue weighted by atomic mass is 32.2. The van der Waals surface area contributed by atoms with Crippen LogP contribution in [0, 0.1) is 6.92 Å². The molecule has 1 aromatic heterocycles. The molecule has 0 fully saturated rings. The van der Waals surface area contributed by atoms with Gasteiger partial charge >= 0.3 is 0 Å². The first kappa shape index (κ1) is 23.1. The number of thioether (sulfide) groups is 1. The largest absolute Gasteiger partial charge is 0.342 e. The zero-order valence-electron chi connectivity index (χ0n) is 18.8. The molecule has 1 heterocycles. The second-order valence-electron chi connectivity index (χ2n) is 7.72. The Kier molecular flexibility index (Phi) is 8.71. The summed E-state index contributed by atoms with van der Waals surface area (Å²) in [4.78, 5) is 14.7. The van der Waals surface area contributed by atoms with Crippen LogP contribution in [0.5, 0.6) is 0 Å². The summed E-state index contributed by atoms with van der Waals surface area (Å²) in [5, 5.41) is 9.72. The molecule has 0 saturated carbocycles. The molecule has 0 aliphatic rings. The molecule has 0 spiro atoms. The summed E-state index contributed by atoms with van der Waals surface area (Å²) >= 11 is 1.47. The van der Waals surface area contributed by atoms with Crippen LogP contribution in [-0.4, -0.2) is 44.4 Å². The highest BCUT2D eigenvalue weighted by molar-refractivity contribution is 7.99. The molecule has 3 aromatic rings. The number of hydrogen-bond acceptors (Lipinski definition) is 4. The Morgan fingerprint density at radius 2 is 1.61 bits per heavy atom. The van der Waals surface area contributed by atoms with Crippen LogP contribution < -0.4 is 0 Å². The van der Waals surface area contributed by atoms with Gasteiger partial charge in [0.1, 0.15) is 5.82 Å². The molecule has 31 heavy (non-hydrogen) atoms. The molecule has 5 nitrogen and oxygen atoms in total. The third-order valence-electron chi connectivity index (χ3n) is 5.14. The van der Waals surface area contributed by atoms with Crippen LogP contribution in [0.4, 0.5) is 0 Å². The monoisotopic (exact) mass is 436 g/mol. The minimum atomic E-state index is 0.165. The lowest BCUT2D eigenvalue weighted by Gasteiger charge is -2.21. The third-order valence-corrected chi connectivity index (χ3v) is 6.05. The van der Waals surface area contributed by atoms with Gasteiger partial charge in [-0.2, -0.15) is 0 Å². The molecule has 0 atom stereocenters. The van der Waals surface area contributed by atoms with E-state index in [0.717, 1.165) is 55.4 Å². The summed E-state index contributed by atoms with van der Waals surface area (Å²) < 4.78 is 2.10. The van der Waals surface area contributed by atoms with Gasteiger partial charge in [-0.05, 0) is 43.9 Å². The number of aryl methyl sites for hydroxylation is 3. The van der Waals surface area contributed by atoms with E-state index in [1.807, 2.05) is 11.0 Å². The molecular formula is C25H32N4OS. The predicted octanol–water partition coefficient (Wildman–Crippen LogP) is 5.10. The number of rotatable bonds is 11. The number of aromatic nitrogens is 3. The molecule has 1 amide bonds. The summed E-state index contributed by atoms with van der Waals surface area (Å²) in [5.41, 5.74) is 3.52. The SMILES string of the molecule is CCCN(CCC)C(=O)CSc1nnc(CCc2ccccc2)n1-c1ccc(C)cc1. The van der Waals surface area contributed by atoms with E-state index in [1.165, 1.54) is 22.9 Å². The predicted molar refractivity (Wildman–Crippen MR) is 128 cm³/mol. The van der Waals surface area contributed by atoms with E-state index in [1.54, 1.807) is 0 Å². The Morgan fingerprint density at radius 3 is 2.26 bits per heavy atom.